The first kappa shape index (κ1) is 15.2. The molecule has 18 heavy (non-hydrogen) atoms. The Bertz CT molecular complexity index is 324. The highest BCUT2D eigenvalue weighted by Gasteiger charge is 2.34. The first-order chi connectivity index (χ1) is 8.08. The average molecular weight is 276 g/mol. The number of hydrogen-bond donors (Lipinski definition) is 2. The van der Waals surface area contributed by atoms with Gasteiger partial charge in [-0.2, -0.15) is 0 Å². The lowest BCUT2D eigenvalue weighted by atomic mass is 9.94. The molecule has 2 N–H and O–H groups in total. The Morgan fingerprint density at radius 3 is 2.78 bits per heavy atom. The number of piperidine rings is 1. The van der Waals surface area contributed by atoms with Crippen molar-refractivity contribution in [1.29, 1.82) is 0 Å². The summed E-state index contributed by atoms with van der Waals surface area (Å²) in [6, 6.07) is 0.206. The summed E-state index contributed by atoms with van der Waals surface area (Å²) in [5.41, 5.74) is 0. The maximum Gasteiger partial charge on any atom is 0.225 e. The molecule has 0 aromatic carbocycles. The van der Waals surface area contributed by atoms with E-state index >= 15 is 0 Å². The standard InChI is InChI=1S/C12H21N3O2.ClH/c1-8-3-4-13-6-10(8)14-12(17)9-5-11(16)15(2)7-9;/h8-10,13H,3-7H2,1-2H3,(H,14,17);1H. The summed E-state index contributed by atoms with van der Waals surface area (Å²) in [6.45, 7) is 4.58. The Kier molecular flexibility index (Phi) is 5.41. The maximum absolute atomic E-state index is 12.0. The second-order valence-corrected chi connectivity index (χ2v) is 5.26. The van der Waals surface area contributed by atoms with Crippen molar-refractivity contribution in [3.63, 3.8) is 0 Å². The Morgan fingerprint density at radius 2 is 2.22 bits per heavy atom. The minimum atomic E-state index is -0.165. The molecule has 0 saturated carbocycles. The number of nitrogens with zero attached hydrogens (tertiary/aromatic N) is 1. The van der Waals surface area contributed by atoms with Crippen molar-refractivity contribution < 1.29 is 9.59 Å². The van der Waals surface area contributed by atoms with Crippen LogP contribution in [0.3, 0.4) is 0 Å². The van der Waals surface area contributed by atoms with Crippen LogP contribution in [-0.2, 0) is 9.59 Å². The van der Waals surface area contributed by atoms with Gasteiger partial charge >= 0.3 is 0 Å². The summed E-state index contributed by atoms with van der Waals surface area (Å²) in [7, 11) is 1.75. The van der Waals surface area contributed by atoms with Gasteiger partial charge in [-0.3, -0.25) is 9.59 Å². The van der Waals surface area contributed by atoms with Gasteiger partial charge in [-0.25, -0.2) is 0 Å². The van der Waals surface area contributed by atoms with Crippen LogP contribution >= 0.6 is 12.4 Å². The van der Waals surface area contributed by atoms with Crippen molar-refractivity contribution in [2.75, 3.05) is 26.7 Å². The molecule has 2 amide bonds. The number of likely N-dealkylation sites (tertiary alicyclic amines) is 1. The van der Waals surface area contributed by atoms with Crippen LogP contribution < -0.4 is 10.6 Å². The van der Waals surface area contributed by atoms with Gasteiger partial charge in [0.05, 0.1) is 5.92 Å². The van der Waals surface area contributed by atoms with Crippen LogP contribution in [0.2, 0.25) is 0 Å². The van der Waals surface area contributed by atoms with Gasteiger partial charge in [0.1, 0.15) is 0 Å². The first-order valence-electron chi connectivity index (χ1n) is 6.33. The molecule has 2 heterocycles. The molecule has 0 radical (unpaired) electrons. The number of carbonyl (C=O) groups excluding carboxylic acids is 2. The Hall–Kier alpha value is -0.810. The summed E-state index contributed by atoms with van der Waals surface area (Å²) >= 11 is 0. The van der Waals surface area contributed by atoms with Gasteiger partial charge in [0.15, 0.2) is 0 Å². The third-order valence-corrected chi connectivity index (χ3v) is 3.87. The first-order valence-corrected chi connectivity index (χ1v) is 6.33. The van der Waals surface area contributed by atoms with Crippen molar-refractivity contribution in [3.8, 4) is 0 Å². The largest absolute Gasteiger partial charge is 0.352 e. The summed E-state index contributed by atoms with van der Waals surface area (Å²) in [5.74, 6) is 0.444. The quantitative estimate of drug-likeness (QED) is 0.746. The highest BCUT2D eigenvalue weighted by molar-refractivity contribution is 5.89. The third-order valence-electron chi connectivity index (χ3n) is 3.87. The summed E-state index contributed by atoms with van der Waals surface area (Å²) in [4.78, 5) is 25.0. The van der Waals surface area contributed by atoms with Gasteiger partial charge in [-0.1, -0.05) is 6.92 Å². The van der Waals surface area contributed by atoms with E-state index < -0.39 is 0 Å². The third kappa shape index (κ3) is 3.36. The van der Waals surface area contributed by atoms with Gasteiger partial charge in [0, 0.05) is 32.6 Å². The predicted octanol–water partition coefficient (Wildman–Crippen LogP) is 0.000700. The van der Waals surface area contributed by atoms with Crippen LogP contribution in [0.15, 0.2) is 0 Å². The van der Waals surface area contributed by atoms with Crippen LogP contribution in [0.25, 0.3) is 0 Å². The molecule has 0 aromatic heterocycles. The minimum absolute atomic E-state index is 0. The second kappa shape index (κ2) is 6.38. The van der Waals surface area contributed by atoms with Crippen molar-refractivity contribution >= 4 is 24.2 Å². The molecule has 0 bridgehead atoms. The van der Waals surface area contributed by atoms with Crippen molar-refractivity contribution in [2.45, 2.75) is 25.8 Å². The molecule has 0 spiro atoms. The van der Waals surface area contributed by atoms with E-state index in [0.717, 1.165) is 19.5 Å². The number of amides is 2. The van der Waals surface area contributed by atoms with Gasteiger partial charge in [-0.05, 0) is 18.9 Å². The van der Waals surface area contributed by atoms with E-state index in [2.05, 4.69) is 17.6 Å². The molecule has 2 fully saturated rings. The molecular formula is C12H22ClN3O2. The van der Waals surface area contributed by atoms with E-state index in [-0.39, 0.29) is 36.2 Å². The molecule has 3 atom stereocenters. The molecule has 6 heteroatoms. The Morgan fingerprint density at radius 1 is 1.50 bits per heavy atom. The molecule has 2 rings (SSSR count). The molecule has 0 aromatic rings. The Balaban J connectivity index is 0.00000162. The van der Waals surface area contributed by atoms with Crippen molar-refractivity contribution in [1.82, 2.24) is 15.5 Å². The van der Waals surface area contributed by atoms with Crippen LogP contribution in [0.5, 0.6) is 0 Å². The number of rotatable bonds is 2. The predicted molar refractivity (Wildman–Crippen MR) is 71.6 cm³/mol. The summed E-state index contributed by atoms with van der Waals surface area (Å²) in [6.07, 6.45) is 1.45. The molecular weight excluding hydrogens is 254 g/mol. The van der Waals surface area contributed by atoms with E-state index in [4.69, 9.17) is 0 Å². The number of carbonyl (C=O) groups is 2. The van der Waals surface area contributed by atoms with Crippen molar-refractivity contribution in [2.24, 2.45) is 11.8 Å². The molecule has 5 nitrogen and oxygen atoms in total. The Labute approximate surface area is 114 Å². The SMILES string of the molecule is CC1CCNCC1NC(=O)C1CC(=O)N(C)C1.Cl. The maximum atomic E-state index is 12.0. The fourth-order valence-electron chi connectivity index (χ4n) is 2.52. The molecule has 3 unspecified atom stereocenters. The summed E-state index contributed by atoms with van der Waals surface area (Å²) in [5, 5.41) is 6.36. The van der Waals surface area contributed by atoms with Crippen LogP contribution in [-0.4, -0.2) is 49.4 Å². The van der Waals surface area contributed by atoms with E-state index in [0.29, 0.717) is 18.9 Å². The molecule has 2 aliphatic heterocycles. The smallest absolute Gasteiger partial charge is 0.225 e. The number of halogens is 1. The number of nitrogens with one attached hydrogen (secondary N) is 2. The van der Waals surface area contributed by atoms with E-state index in [1.165, 1.54) is 0 Å². The van der Waals surface area contributed by atoms with Crippen molar-refractivity contribution in [3.05, 3.63) is 0 Å². The molecule has 0 aliphatic carbocycles. The van der Waals surface area contributed by atoms with E-state index in [9.17, 15) is 9.59 Å². The van der Waals surface area contributed by atoms with Gasteiger partial charge in [0.2, 0.25) is 11.8 Å². The fraction of sp³-hybridized carbons (Fsp3) is 0.833. The lowest BCUT2D eigenvalue weighted by Crippen LogP contribution is -2.51. The van der Waals surface area contributed by atoms with Crippen LogP contribution in [0.1, 0.15) is 19.8 Å². The average Bonchev–Trinajstić information content (AvgIpc) is 2.63. The van der Waals surface area contributed by atoms with Crippen LogP contribution in [0.4, 0.5) is 0 Å². The fourth-order valence-corrected chi connectivity index (χ4v) is 2.52. The second-order valence-electron chi connectivity index (χ2n) is 5.26. The van der Waals surface area contributed by atoms with Gasteiger partial charge in [-0.15, -0.1) is 12.4 Å². The highest BCUT2D eigenvalue weighted by Crippen LogP contribution is 2.18. The zero-order chi connectivity index (χ0) is 12.4. The molecule has 2 saturated heterocycles. The van der Waals surface area contributed by atoms with E-state index in [1.54, 1.807) is 11.9 Å². The highest BCUT2D eigenvalue weighted by atomic mass is 35.5. The lowest BCUT2D eigenvalue weighted by molar-refractivity contribution is -0.128. The zero-order valence-electron chi connectivity index (χ0n) is 10.9. The lowest BCUT2D eigenvalue weighted by Gasteiger charge is -2.31. The van der Waals surface area contributed by atoms with Gasteiger partial charge in [0.25, 0.3) is 0 Å². The van der Waals surface area contributed by atoms with Gasteiger partial charge < -0.3 is 15.5 Å². The van der Waals surface area contributed by atoms with Crippen LogP contribution in [0, 0.1) is 11.8 Å². The number of hydrogen-bond acceptors (Lipinski definition) is 3. The minimum Gasteiger partial charge on any atom is -0.352 e. The molecule has 2 aliphatic rings. The van der Waals surface area contributed by atoms with E-state index in [1.807, 2.05) is 0 Å². The monoisotopic (exact) mass is 275 g/mol. The topological polar surface area (TPSA) is 61.4 Å². The normalized spacial score (nSPS) is 32.0. The summed E-state index contributed by atoms with van der Waals surface area (Å²) < 4.78 is 0. The molecule has 104 valence electrons. The zero-order valence-corrected chi connectivity index (χ0v) is 11.8.